The van der Waals surface area contributed by atoms with E-state index >= 15 is 0 Å². The Bertz CT molecular complexity index is 1140. The molecule has 0 amide bonds. The minimum Gasteiger partial charge on any atom is -0.507 e. The lowest BCUT2D eigenvalue weighted by Gasteiger charge is -2.50. The Morgan fingerprint density at radius 1 is 0.775 bits per heavy atom. The van der Waals surface area contributed by atoms with Gasteiger partial charge in [0.05, 0.1) is 17.4 Å². The Morgan fingerprint density at radius 3 is 2.35 bits per heavy atom. The minimum absolute atomic E-state index is 0.249. The van der Waals surface area contributed by atoms with Crippen LogP contribution in [0.5, 0.6) is 5.75 Å². The summed E-state index contributed by atoms with van der Waals surface area (Å²) in [4.78, 5) is 10.9. The summed E-state index contributed by atoms with van der Waals surface area (Å²) in [5.74, 6) is 2.06. The molecule has 8 heteroatoms. The number of nitrogens with zero attached hydrogens (tertiary/aromatic N) is 6. The lowest BCUT2D eigenvalue weighted by molar-refractivity contribution is 0.0521. The van der Waals surface area contributed by atoms with Crippen LogP contribution in [0.15, 0.2) is 30.3 Å². The van der Waals surface area contributed by atoms with Crippen molar-refractivity contribution in [3.63, 3.8) is 0 Å². The third-order valence-corrected chi connectivity index (χ3v) is 10.6. The van der Waals surface area contributed by atoms with Crippen molar-refractivity contribution < 1.29 is 5.11 Å². The monoisotopic (exact) mass is 545 g/mol. The molecule has 0 unspecified atom stereocenters. The fourth-order valence-corrected chi connectivity index (χ4v) is 8.28. The van der Waals surface area contributed by atoms with Crippen molar-refractivity contribution in [3.05, 3.63) is 30.3 Å². The van der Waals surface area contributed by atoms with Crippen LogP contribution in [-0.2, 0) is 0 Å². The lowest BCUT2D eigenvalue weighted by Crippen LogP contribution is -2.61. The van der Waals surface area contributed by atoms with Crippen molar-refractivity contribution in [2.45, 2.75) is 75.9 Å². The van der Waals surface area contributed by atoms with Crippen molar-refractivity contribution >= 4 is 11.5 Å². The van der Waals surface area contributed by atoms with E-state index in [2.05, 4.69) is 41.2 Å². The number of rotatable bonds is 5. The quantitative estimate of drug-likeness (QED) is 0.577. The van der Waals surface area contributed by atoms with E-state index in [1.165, 1.54) is 90.5 Å². The molecule has 40 heavy (non-hydrogen) atoms. The average Bonchev–Trinajstić information content (AvgIpc) is 3.02. The van der Waals surface area contributed by atoms with Crippen LogP contribution in [0.25, 0.3) is 11.3 Å². The van der Waals surface area contributed by atoms with Crippen LogP contribution in [0.4, 0.5) is 11.5 Å². The van der Waals surface area contributed by atoms with Gasteiger partial charge in [-0.2, -0.15) is 0 Å². The molecule has 5 heterocycles. The number of likely N-dealkylation sites (tertiary alicyclic amines) is 2. The summed E-state index contributed by atoms with van der Waals surface area (Å²) in [5, 5.41) is 22.8. The van der Waals surface area contributed by atoms with E-state index in [0.29, 0.717) is 12.1 Å². The first-order valence-electron chi connectivity index (χ1n) is 16.1. The summed E-state index contributed by atoms with van der Waals surface area (Å²) in [7, 11) is 0. The van der Waals surface area contributed by atoms with Crippen LogP contribution >= 0.6 is 0 Å². The van der Waals surface area contributed by atoms with Gasteiger partial charge in [0.15, 0.2) is 5.82 Å². The number of hydrogen-bond donors (Lipinski definition) is 2. The molecule has 2 aromatic rings. The minimum atomic E-state index is 0.249. The predicted molar refractivity (Wildman–Crippen MR) is 161 cm³/mol. The molecule has 1 aliphatic carbocycles. The van der Waals surface area contributed by atoms with Crippen molar-refractivity contribution in [1.82, 2.24) is 24.9 Å². The molecule has 0 spiro atoms. The van der Waals surface area contributed by atoms with Gasteiger partial charge < -0.3 is 25.1 Å². The summed E-state index contributed by atoms with van der Waals surface area (Å²) in [5.41, 5.74) is 2.59. The van der Waals surface area contributed by atoms with Crippen LogP contribution < -0.4 is 10.2 Å². The van der Waals surface area contributed by atoms with Gasteiger partial charge in [-0.3, -0.25) is 4.90 Å². The third kappa shape index (κ3) is 5.55. The molecule has 4 aliphatic heterocycles. The van der Waals surface area contributed by atoms with E-state index in [9.17, 15) is 5.11 Å². The summed E-state index contributed by atoms with van der Waals surface area (Å²) in [6.07, 6.45) is 12.6. The maximum Gasteiger partial charge on any atom is 0.172 e. The highest BCUT2D eigenvalue weighted by atomic mass is 16.3. The number of hydrogen-bond acceptors (Lipinski definition) is 8. The Balaban J connectivity index is 0.908. The van der Waals surface area contributed by atoms with Gasteiger partial charge in [-0.15, -0.1) is 10.2 Å². The highest BCUT2D eigenvalue weighted by molar-refractivity contribution is 5.76. The highest BCUT2D eigenvalue weighted by Crippen LogP contribution is 2.37. The first-order valence-corrected chi connectivity index (χ1v) is 16.1. The van der Waals surface area contributed by atoms with E-state index < -0.39 is 0 Å². The summed E-state index contributed by atoms with van der Waals surface area (Å²) in [6.45, 7) is 10.7. The van der Waals surface area contributed by atoms with Gasteiger partial charge in [0, 0.05) is 50.4 Å². The number of fused-ring (bicyclic) bond motifs is 3. The van der Waals surface area contributed by atoms with Crippen LogP contribution in [0.2, 0.25) is 0 Å². The number of piperazine rings is 1. The molecule has 2 N–H and O–H groups in total. The van der Waals surface area contributed by atoms with Crippen LogP contribution in [0.1, 0.15) is 57.8 Å². The molecule has 216 valence electrons. The number of aromatic nitrogens is 2. The van der Waals surface area contributed by atoms with E-state index in [4.69, 9.17) is 0 Å². The summed E-state index contributed by atoms with van der Waals surface area (Å²) < 4.78 is 0. The molecule has 8 nitrogen and oxygen atoms in total. The molecule has 1 atom stereocenters. The molecule has 1 saturated carbocycles. The van der Waals surface area contributed by atoms with E-state index in [1.807, 2.05) is 18.2 Å². The number of phenolic OH excluding ortho intramolecular Hbond substituents is 1. The van der Waals surface area contributed by atoms with Crippen LogP contribution in [0, 0.1) is 5.92 Å². The van der Waals surface area contributed by atoms with Gasteiger partial charge in [-0.05, 0) is 102 Å². The number of phenols is 1. The fourth-order valence-electron chi connectivity index (χ4n) is 8.28. The normalized spacial score (nSPS) is 29.0. The molecule has 5 aliphatic rings. The molecule has 0 bridgehead atoms. The standard InChI is InChI=1S/C32H47N7O/c40-31-7-3-2-6-28(31)29-20-30-32(35-34-29)33-21-27-23-38(18-19-39(27)30)26-12-16-37(17-13-26)25-10-8-24(9-11-25)22-36-14-4-1-5-15-36/h2-3,6-7,20,24-27,40H,1,4-5,8-19,21-23H2,(H,33,35)/t24?,25?,27-/m0/s1. The van der Waals surface area contributed by atoms with Crippen molar-refractivity contribution in [2.24, 2.45) is 5.92 Å². The average molecular weight is 546 g/mol. The molecule has 0 radical (unpaired) electrons. The number of nitrogens with one attached hydrogen (secondary N) is 1. The fraction of sp³-hybridized carbons (Fsp3) is 0.688. The Labute approximate surface area is 239 Å². The second-order valence-corrected chi connectivity index (χ2v) is 13.0. The highest BCUT2D eigenvalue weighted by Gasteiger charge is 2.37. The van der Waals surface area contributed by atoms with Crippen LogP contribution in [0.3, 0.4) is 0 Å². The molecule has 7 rings (SSSR count). The largest absolute Gasteiger partial charge is 0.507 e. The van der Waals surface area contributed by atoms with Gasteiger partial charge in [0.2, 0.25) is 0 Å². The van der Waals surface area contributed by atoms with Crippen LogP contribution in [-0.4, -0.2) is 107 Å². The molecule has 1 aromatic carbocycles. The van der Waals surface area contributed by atoms with Crippen molar-refractivity contribution in [2.75, 3.05) is 69.1 Å². The number of anilines is 2. The molecular weight excluding hydrogens is 498 g/mol. The maximum atomic E-state index is 10.3. The molecular formula is C32H47N7O. The first-order chi connectivity index (χ1) is 19.7. The van der Waals surface area contributed by atoms with Gasteiger partial charge in [-0.25, -0.2) is 0 Å². The van der Waals surface area contributed by atoms with Crippen molar-refractivity contribution in [3.8, 4) is 17.0 Å². The Morgan fingerprint density at radius 2 is 1.55 bits per heavy atom. The molecule has 1 aromatic heterocycles. The second kappa shape index (κ2) is 11.8. The summed E-state index contributed by atoms with van der Waals surface area (Å²) in [6, 6.07) is 11.5. The second-order valence-electron chi connectivity index (χ2n) is 13.0. The first kappa shape index (κ1) is 26.5. The topological polar surface area (TPSA) is 71.0 Å². The number of piperidine rings is 2. The summed E-state index contributed by atoms with van der Waals surface area (Å²) >= 11 is 0. The SMILES string of the molecule is Oc1ccccc1-c1cc2c(nn1)NC[C@H]1CN(C3CCN(C4CCC(CN5CCCCC5)CC4)CC3)CCN21. The Kier molecular flexibility index (Phi) is 7.83. The third-order valence-electron chi connectivity index (χ3n) is 10.6. The van der Waals surface area contributed by atoms with Gasteiger partial charge >= 0.3 is 0 Å². The van der Waals surface area contributed by atoms with E-state index in [0.717, 1.165) is 60.9 Å². The smallest absolute Gasteiger partial charge is 0.172 e. The van der Waals surface area contributed by atoms with Gasteiger partial charge in [-0.1, -0.05) is 18.6 Å². The zero-order chi connectivity index (χ0) is 26.9. The van der Waals surface area contributed by atoms with E-state index in [-0.39, 0.29) is 5.75 Å². The maximum absolute atomic E-state index is 10.3. The zero-order valence-electron chi connectivity index (χ0n) is 24.1. The van der Waals surface area contributed by atoms with Gasteiger partial charge in [0.1, 0.15) is 5.75 Å². The Hall–Kier alpha value is -2.42. The number of para-hydroxylation sites is 1. The predicted octanol–water partition coefficient (Wildman–Crippen LogP) is 4.27. The molecule has 4 fully saturated rings. The van der Waals surface area contributed by atoms with Gasteiger partial charge in [0.25, 0.3) is 0 Å². The van der Waals surface area contributed by atoms with Crippen molar-refractivity contribution in [1.29, 1.82) is 0 Å². The number of aromatic hydroxyl groups is 1. The zero-order valence-corrected chi connectivity index (χ0v) is 24.1. The number of benzene rings is 1. The van der Waals surface area contributed by atoms with E-state index in [1.54, 1.807) is 6.07 Å². The lowest BCUT2D eigenvalue weighted by atomic mass is 9.84. The molecule has 3 saturated heterocycles.